The average Bonchev–Trinajstić information content (AvgIpc) is 2.72. The zero-order valence-corrected chi connectivity index (χ0v) is 15.7. The van der Waals surface area contributed by atoms with E-state index in [4.69, 9.17) is 16.9 Å². The Morgan fingerprint density at radius 1 is 1.10 bits per heavy atom. The standard InChI is InChI=1S/C22H14ClFN2O3/c23-19-11-17-18(22(27)26-19)9-13(5-3-7-25)20(21(17)24)16-10-14(29-28)8-12-4-1-2-6-15(12)16/h1-2,4,6,8-11,28H,3,5H2,(H,26,27). The minimum atomic E-state index is -0.602. The van der Waals surface area contributed by atoms with Crippen LogP contribution in [0.1, 0.15) is 12.0 Å². The maximum Gasteiger partial charge on any atom is 0.220 e. The minimum Gasteiger partial charge on any atom is -0.493 e. The predicted octanol–water partition coefficient (Wildman–Crippen LogP) is 5.86. The molecule has 1 heterocycles. The number of nitrogens with zero attached hydrogens (tertiary/aromatic N) is 2. The maximum absolute atomic E-state index is 15.8. The molecule has 0 amide bonds. The normalized spacial score (nSPS) is 11.0. The number of hydrogen-bond donors (Lipinski definition) is 2. The highest BCUT2D eigenvalue weighted by Crippen LogP contribution is 2.41. The van der Waals surface area contributed by atoms with Gasteiger partial charge >= 0.3 is 0 Å². The van der Waals surface area contributed by atoms with Gasteiger partial charge in [-0.25, -0.2) is 14.6 Å². The lowest BCUT2D eigenvalue weighted by atomic mass is 9.90. The fraction of sp³-hybridized carbons (Fsp3) is 0.0909. The van der Waals surface area contributed by atoms with Crippen LogP contribution in [0.15, 0.2) is 48.5 Å². The van der Waals surface area contributed by atoms with Crippen LogP contribution in [0.2, 0.25) is 5.15 Å². The number of fused-ring (bicyclic) bond motifs is 2. The van der Waals surface area contributed by atoms with Crippen molar-refractivity contribution in [1.29, 1.82) is 5.26 Å². The Morgan fingerprint density at radius 2 is 1.90 bits per heavy atom. The van der Waals surface area contributed by atoms with Crippen LogP contribution >= 0.6 is 11.6 Å². The monoisotopic (exact) mass is 408 g/mol. The Kier molecular flexibility index (Phi) is 4.93. The van der Waals surface area contributed by atoms with Crippen molar-refractivity contribution in [3.63, 3.8) is 0 Å². The van der Waals surface area contributed by atoms with E-state index in [1.54, 1.807) is 12.1 Å². The summed E-state index contributed by atoms with van der Waals surface area (Å²) in [6.07, 6.45) is 0.424. The number of benzene rings is 3. The summed E-state index contributed by atoms with van der Waals surface area (Å²) in [5, 5.41) is 30.2. The van der Waals surface area contributed by atoms with Gasteiger partial charge in [0.05, 0.1) is 6.07 Å². The zero-order valence-electron chi connectivity index (χ0n) is 15.0. The largest absolute Gasteiger partial charge is 0.493 e. The molecule has 4 aromatic rings. The molecule has 0 aliphatic rings. The van der Waals surface area contributed by atoms with Crippen molar-refractivity contribution in [3.05, 3.63) is 65.1 Å². The molecular formula is C22H14ClFN2O3. The maximum atomic E-state index is 15.8. The molecule has 0 spiro atoms. The highest BCUT2D eigenvalue weighted by molar-refractivity contribution is 6.30. The third-order valence-corrected chi connectivity index (χ3v) is 5.01. The molecular weight excluding hydrogens is 395 g/mol. The number of rotatable bonds is 4. The fourth-order valence-electron chi connectivity index (χ4n) is 3.58. The van der Waals surface area contributed by atoms with Crippen molar-refractivity contribution in [2.45, 2.75) is 12.8 Å². The molecule has 0 fully saturated rings. The first-order valence-electron chi connectivity index (χ1n) is 8.75. The summed E-state index contributed by atoms with van der Waals surface area (Å²) in [4.78, 5) is 8.21. The van der Waals surface area contributed by atoms with E-state index in [0.717, 1.165) is 10.8 Å². The van der Waals surface area contributed by atoms with Crippen molar-refractivity contribution < 1.29 is 19.6 Å². The first-order chi connectivity index (χ1) is 14.0. The second-order valence-corrected chi connectivity index (χ2v) is 6.92. The van der Waals surface area contributed by atoms with Gasteiger partial charge in [-0.15, -0.1) is 0 Å². The molecule has 0 radical (unpaired) electrons. The van der Waals surface area contributed by atoms with E-state index in [-0.39, 0.29) is 46.0 Å². The first kappa shape index (κ1) is 18.9. The smallest absolute Gasteiger partial charge is 0.220 e. The van der Waals surface area contributed by atoms with Crippen LogP contribution < -0.4 is 4.89 Å². The first-order valence-corrected chi connectivity index (χ1v) is 9.13. The van der Waals surface area contributed by atoms with Crippen LogP contribution in [0.3, 0.4) is 0 Å². The number of aromatic hydroxyl groups is 1. The van der Waals surface area contributed by atoms with Gasteiger partial charge in [0.15, 0.2) is 5.75 Å². The van der Waals surface area contributed by atoms with Gasteiger partial charge in [0.1, 0.15) is 11.0 Å². The number of halogens is 2. The highest BCUT2D eigenvalue weighted by Gasteiger charge is 2.20. The van der Waals surface area contributed by atoms with Crippen LogP contribution in [-0.2, 0) is 6.42 Å². The summed E-state index contributed by atoms with van der Waals surface area (Å²) < 4.78 is 15.8. The molecule has 0 atom stereocenters. The van der Waals surface area contributed by atoms with Gasteiger partial charge in [-0.2, -0.15) is 5.26 Å². The SMILES string of the molecule is N#CCCc1cc2c(O)nc(Cl)cc2c(F)c1-c1cc(OO)cc2ccccc12. The third-order valence-electron chi connectivity index (χ3n) is 4.82. The molecule has 0 bridgehead atoms. The van der Waals surface area contributed by atoms with Gasteiger partial charge in [0, 0.05) is 22.8 Å². The van der Waals surface area contributed by atoms with Crippen LogP contribution in [-0.4, -0.2) is 15.3 Å². The summed E-state index contributed by atoms with van der Waals surface area (Å²) in [7, 11) is 0. The van der Waals surface area contributed by atoms with Crippen molar-refractivity contribution in [3.8, 4) is 28.8 Å². The molecule has 5 nitrogen and oxygen atoms in total. The van der Waals surface area contributed by atoms with E-state index in [1.807, 2.05) is 24.3 Å². The van der Waals surface area contributed by atoms with E-state index < -0.39 is 5.82 Å². The number of nitriles is 1. The molecule has 4 rings (SSSR count). The van der Waals surface area contributed by atoms with Crippen LogP contribution in [0, 0.1) is 17.1 Å². The summed E-state index contributed by atoms with van der Waals surface area (Å²) in [5.41, 5.74) is 1.27. The summed E-state index contributed by atoms with van der Waals surface area (Å²) in [6, 6.07) is 15.5. The zero-order chi connectivity index (χ0) is 20.5. The number of aromatic nitrogens is 1. The second kappa shape index (κ2) is 7.55. The number of pyridine rings is 1. The number of hydrogen-bond acceptors (Lipinski definition) is 5. The van der Waals surface area contributed by atoms with Gasteiger partial charge in [-0.3, -0.25) is 0 Å². The van der Waals surface area contributed by atoms with Crippen molar-refractivity contribution in [1.82, 2.24) is 4.98 Å². The molecule has 0 saturated heterocycles. The van der Waals surface area contributed by atoms with Crippen LogP contribution in [0.4, 0.5) is 4.39 Å². The van der Waals surface area contributed by atoms with Crippen molar-refractivity contribution >= 4 is 33.1 Å². The Labute approximate surface area is 170 Å². The van der Waals surface area contributed by atoms with E-state index >= 15 is 4.39 Å². The third kappa shape index (κ3) is 3.31. The van der Waals surface area contributed by atoms with Crippen LogP contribution in [0.25, 0.3) is 32.7 Å². The molecule has 144 valence electrons. The molecule has 7 heteroatoms. The molecule has 0 unspecified atom stereocenters. The van der Waals surface area contributed by atoms with E-state index in [0.29, 0.717) is 11.1 Å². The Bertz CT molecular complexity index is 1300. The fourth-order valence-corrected chi connectivity index (χ4v) is 3.77. The molecule has 2 N–H and O–H groups in total. The lowest BCUT2D eigenvalue weighted by molar-refractivity contribution is -0.137. The van der Waals surface area contributed by atoms with Gasteiger partial charge in [-0.05, 0) is 52.6 Å². The average molecular weight is 409 g/mol. The Balaban J connectivity index is 2.14. The Morgan fingerprint density at radius 3 is 2.66 bits per heavy atom. The van der Waals surface area contributed by atoms with E-state index in [9.17, 15) is 10.4 Å². The second-order valence-electron chi connectivity index (χ2n) is 6.53. The van der Waals surface area contributed by atoms with Crippen molar-refractivity contribution in [2.75, 3.05) is 0 Å². The minimum absolute atomic E-state index is 0.0399. The topological polar surface area (TPSA) is 86.4 Å². The molecule has 0 aliphatic heterocycles. The van der Waals surface area contributed by atoms with Gasteiger partial charge in [0.25, 0.3) is 0 Å². The van der Waals surface area contributed by atoms with Crippen molar-refractivity contribution in [2.24, 2.45) is 0 Å². The van der Waals surface area contributed by atoms with E-state index in [1.165, 1.54) is 12.1 Å². The molecule has 29 heavy (non-hydrogen) atoms. The molecule has 0 saturated carbocycles. The van der Waals surface area contributed by atoms with Gasteiger partial charge in [-0.1, -0.05) is 35.9 Å². The van der Waals surface area contributed by atoms with E-state index in [2.05, 4.69) is 15.9 Å². The Hall–Kier alpha value is -3.40. The lowest BCUT2D eigenvalue weighted by Gasteiger charge is -2.16. The molecule has 1 aromatic heterocycles. The summed E-state index contributed by atoms with van der Waals surface area (Å²) >= 11 is 5.93. The predicted molar refractivity (Wildman–Crippen MR) is 109 cm³/mol. The molecule has 0 aliphatic carbocycles. The molecule has 3 aromatic carbocycles. The summed E-state index contributed by atoms with van der Waals surface area (Å²) in [5.74, 6) is -0.830. The number of aryl methyl sites for hydroxylation is 1. The van der Waals surface area contributed by atoms with Gasteiger partial charge in [0.2, 0.25) is 5.88 Å². The van der Waals surface area contributed by atoms with Crippen LogP contribution in [0.5, 0.6) is 11.6 Å². The van der Waals surface area contributed by atoms with Gasteiger partial charge < -0.3 is 9.99 Å². The summed E-state index contributed by atoms with van der Waals surface area (Å²) in [6.45, 7) is 0. The quantitative estimate of drug-likeness (QED) is 0.251. The highest BCUT2D eigenvalue weighted by atomic mass is 35.5. The lowest BCUT2D eigenvalue weighted by Crippen LogP contribution is -1.98.